The van der Waals surface area contributed by atoms with Crippen molar-refractivity contribution >= 4 is 22.9 Å². The summed E-state index contributed by atoms with van der Waals surface area (Å²) in [7, 11) is 0. The van der Waals surface area contributed by atoms with Crippen LogP contribution in [-0.2, 0) is 19.5 Å². The first kappa shape index (κ1) is 9.56. The molecular weight excluding hydrogens is 318 g/mol. The molecule has 0 bridgehead atoms. The van der Waals surface area contributed by atoms with Crippen LogP contribution in [-0.4, -0.2) is 7.99 Å². The van der Waals surface area contributed by atoms with E-state index in [9.17, 15) is 0 Å². The summed E-state index contributed by atoms with van der Waals surface area (Å²) < 4.78 is 1.78. The third-order valence-corrected chi connectivity index (χ3v) is 2.06. The van der Waals surface area contributed by atoms with Gasteiger partial charge in [-0.3, -0.25) is 5.10 Å². The predicted octanol–water partition coefficient (Wildman–Crippen LogP) is 1.50. The number of aryl methyl sites for hydroxylation is 1. The zero-order valence-corrected chi connectivity index (χ0v) is 8.90. The van der Waals surface area contributed by atoms with Gasteiger partial charge in [-0.05, 0) is 0 Å². The van der Waals surface area contributed by atoms with Gasteiger partial charge in [-0.2, -0.15) is 5.56 Å². The average molecular weight is 324 g/mol. The van der Waals surface area contributed by atoms with Gasteiger partial charge in [0.2, 0.25) is 0 Å². The van der Waals surface area contributed by atoms with E-state index in [0.717, 1.165) is 5.56 Å². The molecule has 0 fully saturated rings. The molecule has 2 nitrogen and oxygen atoms in total. The molecule has 53 valence electrons. The van der Waals surface area contributed by atoms with Crippen LogP contribution in [0.25, 0.3) is 0 Å². The maximum atomic E-state index is 3.89. The van der Waals surface area contributed by atoms with Crippen LogP contribution < -0.4 is 0 Å². The third-order valence-electron chi connectivity index (χ3n) is 1.12. The Labute approximate surface area is 81.3 Å². The van der Waals surface area contributed by atoms with Crippen molar-refractivity contribution in [3.8, 4) is 0 Å². The predicted molar refractivity (Wildman–Crippen MR) is 40.0 cm³/mol. The van der Waals surface area contributed by atoms with Gasteiger partial charge in [0.1, 0.15) is 0 Å². The molecule has 0 spiro atoms. The second-order valence-electron chi connectivity index (χ2n) is 1.68. The summed E-state index contributed by atoms with van der Waals surface area (Å²) in [6.07, 6.45) is 2.84. The van der Waals surface area contributed by atoms with Crippen molar-refractivity contribution in [3.05, 3.63) is 17.5 Å². The van der Waals surface area contributed by atoms with Gasteiger partial charge in [0.15, 0.2) is 0 Å². The number of nitrogens with zero attached hydrogens (tertiary/aromatic N) is 2. The fourth-order valence-electron chi connectivity index (χ4n) is 0.413. The Morgan fingerprint density at radius 3 is 2.22 bits per heavy atom. The molecule has 1 aromatic rings. The zero-order valence-electron chi connectivity index (χ0n) is 5.11. The molecule has 0 saturated carbocycles. The van der Waals surface area contributed by atoms with Gasteiger partial charge >= 0.3 is 0 Å². The van der Waals surface area contributed by atoms with E-state index in [1.54, 1.807) is 2.90 Å². The van der Waals surface area contributed by atoms with E-state index in [4.69, 9.17) is 0 Å². The van der Waals surface area contributed by atoms with Crippen molar-refractivity contribution in [2.45, 2.75) is 13.8 Å². The molecular formula is C5H6IN2Rh-. The minimum absolute atomic E-state index is 0. The van der Waals surface area contributed by atoms with Crippen molar-refractivity contribution in [1.29, 1.82) is 0 Å². The Kier molecular flexibility index (Phi) is 3.89. The molecule has 0 amide bonds. The van der Waals surface area contributed by atoms with Crippen LogP contribution in [0.4, 0.5) is 0 Å². The summed E-state index contributed by atoms with van der Waals surface area (Å²) in [5.41, 5.74) is 2.30. The summed E-state index contributed by atoms with van der Waals surface area (Å²) in [4.78, 5) is 0. The molecule has 1 heterocycles. The van der Waals surface area contributed by atoms with E-state index in [0.29, 0.717) is 0 Å². The SMILES string of the molecule is Cc1[c-]nn(I)c1C.[Rh]. The van der Waals surface area contributed by atoms with Crippen molar-refractivity contribution in [2.24, 2.45) is 0 Å². The van der Waals surface area contributed by atoms with Gasteiger partial charge in [0, 0.05) is 19.5 Å². The van der Waals surface area contributed by atoms with E-state index in [2.05, 4.69) is 34.2 Å². The Balaban J connectivity index is 0.000000640. The standard InChI is InChI=1S/C5H6IN2.Rh/c1-4-3-7-8(6)5(4)2;/h1-2H3;/q-1;. The van der Waals surface area contributed by atoms with Gasteiger partial charge in [-0.1, -0.05) is 13.8 Å². The van der Waals surface area contributed by atoms with Gasteiger partial charge < -0.3 is 2.90 Å². The van der Waals surface area contributed by atoms with Crippen LogP contribution in [0.2, 0.25) is 0 Å². The number of hydrogen-bond acceptors (Lipinski definition) is 1. The first-order chi connectivity index (χ1) is 3.72. The Morgan fingerprint density at radius 1 is 1.56 bits per heavy atom. The second kappa shape index (κ2) is 3.66. The molecule has 4 heteroatoms. The summed E-state index contributed by atoms with van der Waals surface area (Å²) in [5, 5.41) is 3.89. The van der Waals surface area contributed by atoms with E-state index in [1.165, 1.54) is 5.69 Å². The first-order valence-electron chi connectivity index (χ1n) is 2.32. The molecule has 1 rings (SSSR count). The van der Waals surface area contributed by atoms with Crippen LogP contribution in [0.3, 0.4) is 0 Å². The fourth-order valence-corrected chi connectivity index (χ4v) is 0.883. The molecule has 0 atom stereocenters. The summed E-state index contributed by atoms with van der Waals surface area (Å²) in [5.74, 6) is 0. The van der Waals surface area contributed by atoms with Crippen LogP contribution >= 0.6 is 22.9 Å². The summed E-state index contributed by atoms with van der Waals surface area (Å²) >= 11 is 2.12. The van der Waals surface area contributed by atoms with Gasteiger partial charge in [0.05, 0.1) is 22.9 Å². The maximum Gasteiger partial charge on any atom is 0.0619 e. The van der Waals surface area contributed by atoms with Gasteiger partial charge in [-0.15, -0.1) is 11.9 Å². The van der Waals surface area contributed by atoms with E-state index in [-0.39, 0.29) is 19.5 Å². The largest absolute Gasteiger partial charge is 0.308 e. The summed E-state index contributed by atoms with van der Waals surface area (Å²) in [6, 6.07) is 0. The quantitative estimate of drug-likeness (QED) is 0.402. The molecule has 0 saturated heterocycles. The smallest absolute Gasteiger partial charge is 0.0619 e. The Hall–Kier alpha value is 0.563. The Bertz CT molecular complexity index is 177. The molecule has 0 aliphatic carbocycles. The van der Waals surface area contributed by atoms with E-state index >= 15 is 0 Å². The molecule has 1 radical (unpaired) electrons. The maximum absolute atomic E-state index is 3.89. The molecule has 0 aliphatic rings. The van der Waals surface area contributed by atoms with Crippen molar-refractivity contribution < 1.29 is 19.5 Å². The van der Waals surface area contributed by atoms with Crippen LogP contribution in [0, 0.1) is 20.0 Å². The number of rotatable bonds is 0. The number of halogens is 1. The molecule has 0 N–H and O–H groups in total. The minimum Gasteiger partial charge on any atom is -0.308 e. The molecule has 0 aromatic carbocycles. The molecule has 0 unspecified atom stereocenters. The normalized spacial score (nSPS) is 8.78. The minimum atomic E-state index is 0. The number of aromatic nitrogens is 2. The Morgan fingerprint density at radius 2 is 2.11 bits per heavy atom. The van der Waals surface area contributed by atoms with Gasteiger partial charge in [-0.25, -0.2) is 0 Å². The molecule has 0 aliphatic heterocycles. The van der Waals surface area contributed by atoms with E-state index < -0.39 is 0 Å². The monoisotopic (exact) mass is 324 g/mol. The molecule has 9 heavy (non-hydrogen) atoms. The third kappa shape index (κ3) is 2.01. The van der Waals surface area contributed by atoms with Crippen molar-refractivity contribution in [1.82, 2.24) is 7.99 Å². The zero-order chi connectivity index (χ0) is 6.15. The average Bonchev–Trinajstić information content (AvgIpc) is 1.98. The summed E-state index contributed by atoms with van der Waals surface area (Å²) in [6.45, 7) is 4.02. The van der Waals surface area contributed by atoms with Crippen LogP contribution in [0.5, 0.6) is 0 Å². The fraction of sp³-hybridized carbons (Fsp3) is 0.400. The van der Waals surface area contributed by atoms with Gasteiger partial charge in [0.25, 0.3) is 0 Å². The number of hydrogen-bond donors (Lipinski definition) is 0. The van der Waals surface area contributed by atoms with Crippen LogP contribution in [0.15, 0.2) is 0 Å². The van der Waals surface area contributed by atoms with Crippen molar-refractivity contribution in [3.63, 3.8) is 0 Å². The molecule has 1 aromatic heterocycles. The first-order valence-corrected chi connectivity index (χ1v) is 3.28. The topological polar surface area (TPSA) is 17.8 Å². The van der Waals surface area contributed by atoms with E-state index in [1.807, 2.05) is 13.8 Å². The second-order valence-corrected chi connectivity index (χ2v) is 2.60. The van der Waals surface area contributed by atoms with Crippen molar-refractivity contribution in [2.75, 3.05) is 0 Å². The van der Waals surface area contributed by atoms with Crippen LogP contribution in [0.1, 0.15) is 11.3 Å².